The second-order valence-corrected chi connectivity index (χ2v) is 5.96. The molecule has 0 aliphatic carbocycles. The summed E-state index contributed by atoms with van der Waals surface area (Å²) in [4.78, 5) is 0. The highest BCUT2D eigenvalue weighted by Crippen LogP contribution is 2.44. The molecule has 0 fully saturated rings. The van der Waals surface area contributed by atoms with E-state index in [-0.39, 0.29) is 6.04 Å². The Kier molecular flexibility index (Phi) is 2.59. The Hall–Kier alpha value is -2.26. The summed E-state index contributed by atoms with van der Waals surface area (Å²) in [6.07, 6.45) is 2.28. The van der Waals surface area contributed by atoms with E-state index < -0.39 is 5.72 Å². The van der Waals surface area contributed by atoms with Gasteiger partial charge in [0.2, 0.25) is 0 Å². The molecule has 1 N–H and O–H groups in total. The summed E-state index contributed by atoms with van der Waals surface area (Å²) in [6, 6.07) is 18.9. The van der Waals surface area contributed by atoms with E-state index in [9.17, 15) is 0 Å². The molecule has 3 heteroatoms. The van der Waals surface area contributed by atoms with E-state index >= 15 is 0 Å². The fourth-order valence-electron chi connectivity index (χ4n) is 3.08. The number of benzene rings is 2. The minimum atomic E-state index is -0.397. The predicted octanol–water partition coefficient (Wildman–Crippen LogP) is 3.72. The first-order valence-corrected chi connectivity index (χ1v) is 7.26. The van der Waals surface area contributed by atoms with Crippen LogP contribution >= 0.6 is 0 Å². The predicted molar refractivity (Wildman–Crippen MR) is 83.3 cm³/mol. The number of nitrogens with zero attached hydrogens (tertiary/aromatic N) is 1. The van der Waals surface area contributed by atoms with Gasteiger partial charge in [-0.15, -0.1) is 0 Å². The molecule has 0 saturated carbocycles. The van der Waals surface area contributed by atoms with Crippen molar-refractivity contribution < 1.29 is 4.74 Å². The van der Waals surface area contributed by atoms with Crippen LogP contribution in [-0.2, 0) is 0 Å². The molecule has 0 bridgehead atoms. The maximum Gasteiger partial charge on any atom is 0.174 e. The molecule has 1 unspecified atom stereocenters. The minimum absolute atomic E-state index is 0.195. The third kappa shape index (κ3) is 1.93. The van der Waals surface area contributed by atoms with Gasteiger partial charge in [0.15, 0.2) is 5.72 Å². The van der Waals surface area contributed by atoms with E-state index in [1.54, 1.807) is 0 Å². The second-order valence-electron chi connectivity index (χ2n) is 5.96. The molecule has 0 aromatic heterocycles. The molecule has 2 aromatic rings. The van der Waals surface area contributed by atoms with Crippen molar-refractivity contribution in [3.05, 3.63) is 71.8 Å². The number of para-hydroxylation sites is 1. The van der Waals surface area contributed by atoms with Crippen molar-refractivity contribution in [2.45, 2.75) is 25.6 Å². The van der Waals surface area contributed by atoms with Crippen molar-refractivity contribution in [3.8, 4) is 5.75 Å². The highest BCUT2D eigenvalue weighted by Gasteiger charge is 2.44. The summed E-state index contributed by atoms with van der Waals surface area (Å²) in [5.41, 5.74) is 6.64. The Morgan fingerprint density at radius 2 is 1.71 bits per heavy atom. The van der Waals surface area contributed by atoms with Crippen LogP contribution in [0.2, 0.25) is 0 Å². The number of hydrogen-bond donors (Lipinski definition) is 1. The Bertz CT molecular complexity index is 706. The molecule has 2 aliphatic heterocycles. The van der Waals surface area contributed by atoms with Crippen molar-refractivity contribution in [3.63, 3.8) is 0 Å². The average Bonchev–Trinajstić information content (AvgIpc) is 2.94. The summed E-state index contributed by atoms with van der Waals surface area (Å²) in [7, 11) is 0. The first-order valence-electron chi connectivity index (χ1n) is 7.26. The second kappa shape index (κ2) is 4.37. The summed E-state index contributed by atoms with van der Waals surface area (Å²) < 4.78 is 6.15. The van der Waals surface area contributed by atoms with Gasteiger partial charge >= 0.3 is 0 Å². The van der Waals surface area contributed by atoms with Gasteiger partial charge < -0.3 is 10.2 Å². The first kappa shape index (κ1) is 12.5. The van der Waals surface area contributed by atoms with Crippen molar-refractivity contribution in [2.75, 3.05) is 0 Å². The molecule has 106 valence electrons. The Morgan fingerprint density at radius 1 is 1.00 bits per heavy atom. The molecule has 1 atom stereocenters. The molecular weight excluding hydrogens is 260 g/mol. The third-order valence-electron chi connectivity index (χ3n) is 4.11. The van der Waals surface area contributed by atoms with Crippen LogP contribution in [-0.4, -0.2) is 10.7 Å². The lowest BCUT2D eigenvalue weighted by Gasteiger charge is -2.44. The SMILES string of the molecule is CC1(C)Oc2ccccc2C2C=C(c3ccccc3)NN21. The summed E-state index contributed by atoms with van der Waals surface area (Å²) in [5.74, 6) is 0.969. The van der Waals surface area contributed by atoms with Gasteiger partial charge in [-0.25, -0.2) is 0 Å². The molecule has 4 rings (SSSR count). The summed E-state index contributed by atoms with van der Waals surface area (Å²) in [5, 5.41) is 2.18. The van der Waals surface area contributed by atoms with Crippen LogP contribution < -0.4 is 10.2 Å². The normalized spacial score (nSPS) is 22.6. The monoisotopic (exact) mass is 278 g/mol. The zero-order valence-corrected chi connectivity index (χ0v) is 12.2. The molecule has 2 heterocycles. The number of rotatable bonds is 1. The third-order valence-corrected chi connectivity index (χ3v) is 4.11. The zero-order valence-electron chi connectivity index (χ0n) is 12.2. The first-order chi connectivity index (χ1) is 10.1. The van der Waals surface area contributed by atoms with Gasteiger partial charge in [-0.1, -0.05) is 48.5 Å². The van der Waals surface area contributed by atoms with Crippen LogP contribution in [0.15, 0.2) is 60.7 Å². The number of ether oxygens (including phenoxy) is 1. The molecule has 0 radical (unpaired) electrons. The van der Waals surface area contributed by atoms with Crippen LogP contribution in [0.25, 0.3) is 5.70 Å². The van der Waals surface area contributed by atoms with E-state index in [0.717, 1.165) is 11.4 Å². The Balaban J connectivity index is 1.80. The van der Waals surface area contributed by atoms with E-state index in [0.29, 0.717) is 0 Å². The molecular formula is C18H18N2O. The van der Waals surface area contributed by atoms with Gasteiger partial charge in [0.1, 0.15) is 5.75 Å². The van der Waals surface area contributed by atoms with Crippen LogP contribution in [0, 0.1) is 0 Å². The molecule has 2 aromatic carbocycles. The van der Waals surface area contributed by atoms with Crippen molar-refractivity contribution >= 4 is 5.70 Å². The molecule has 0 saturated heterocycles. The molecule has 2 aliphatic rings. The van der Waals surface area contributed by atoms with Crippen LogP contribution in [0.4, 0.5) is 0 Å². The smallest absolute Gasteiger partial charge is 0.174 e. The largest absolute Gasteiger partial charge is 0.471 e. The molecule has 3 nitrogen and oxygen atoms in total. The van der Waals surface area contributed by atoms with Gasteiger partial charge in [-0.2, -0.15) is 5.01 Å². The zero-order chi connectivity index (χ0) is 14.4. The lowest BCUT2D eigenvalue weighted by Crippen LogP contribution is -2.55. The van der Waals surface area contributed by atoms with E-state index in [2.05, 4.69) is 66.8 Å². The minimum Gasteiger partial charge on any atom is -0.471 e. The average molecular weight is 278 g/mol. The van der Waals surface area contributed by atoms with Gasteiger partial charge in [-0.05, 0) is 31.6 Å². The lowest BCUT2D eigenvalue weighted by atomic mass is 10.00. The van der Waals surface area contributed by atoms with Crippen molar-refractivity contribution in [1.82, 2.24) is 10.4 Å². The fourth-order valence-corrected chi connectivity index (χ4v) is 3.08. The van der Waals surface area contributed by atoms with Gasteiger partial charge in [0.25, 0.3) is 0 Å². The number of hydrazine groups is 1. The standard InChI is InChI=1S/C18H18N2O/c1-18(2)20-16(14-10-6-7-11-17(14)21-18)12-15(19-20)13-8-4-3-5-9-13/h3-12,16,19H,1-2H3. The van der Waals surface area contributed by atoms with Crippen LogP contribution in [0.1, 0.15) is 31.0 Å². The quantitative estimate of drug-likeness (QED) is 0.860. The van der Waals surface area contributed by atoms with Crippen LogP contribution in [0.3, 0.4) is 0 Å². The molecule has 0 amide bonds. The maximum atomic E-state index is 6.15. The van der Waals surface area contributed by atoms with Gasteiger partial charge in [0, 0.05) is 5.56 Å². The van der Waals surface area contributed by atoms with Crippen LogP contribution in [0.5, 0.6) is 5.75 Å². The highest BCUT2D eigenvalue weighted by atomic mass is 16.5. The topological polar surface area (TPSA) is 24.5 Å². The summed E-state index contributed by atoms with van der Waals surface area (Å²) >= 11 is 0. The van der Waals surface area contributed by atoms with E-state index in [1.165, 1.54) is 11.1 Å². The summed E-state index contributed by atoms with van der Waals surface area (Å²) in [6.45, 7) is 4.18. The Morgan fingerprint density at radius 3 is 2.52 bits per heavy atom. The van der Waals surface area contributed by atoms with Gasteiger partial charge in [-0.3, -0.25) is 0 Å². The molecule has 0 spiro atoms. The lowest BCUT2D eigenvalue weighted by molar-refractivity contribution is -0.103. The number of hydrogen-bond acceptors (Lipinski definition) is 3. The van der Waals surface area contributed by atoms with Gasteiger partial charge in [0.05, 0.1) is 11.7 Å². The number of nitrogens with one attached hydrogen (secondary N) is 1. The Labute approximate surface area is 124 Å². The van der Waals surface area contributed by atoms with Crippen molar-refractivity contribution in [2.24, 2.45) is 0 Å². The van der Waals surface area contributed by atoms with E-state index in [1.807, 2.05) is 18.2 Å². The highest BCUT2D eigenvalue weighted by molar-refractivity contribution is 5.67. The van der Waals surface area contributed by atoms with Crippen molar-refractivity contribution in [1.29, 1.82) is 0 Å². The number of fused-ring (bicyclic) bond motifs is 3. The van der Waals surface area contributed by atoms with E-state index in [4.69, 9.17) is 4.74 Å². The molecule has 21 heavy (non-hydrogen) atoms. The fraction of sp³-hybridized carbons (Fsp3) is 0.222. The maximum absolute atomic E-state index is 6.15.